The number of aromatic nitrogens is 3. The van der Waals surface area contributed by atoms with E-state index in [2.05, 4.69) is 20.8 Å². The topological polar surface area (TPSA) is 122 Å². The van der Waals surface area contributed by atoms with Gasteiger partial charge in [-0.05, 0) is 90.4 Å². The van der Waals surface area contributed by atoms with Gasteiger partial charge in [0.2, 0.25) is 0 Å². The largest absolute Gasteiger partial charge is 0.341 e. The Bertz CT molecular complexity index is 1400. The van der Waals surface area contributed by atoms with E-state index in [1.807, 2.05) is 19.0 Å². The summed E-state index contributed by atoms with van der Waals surface area (Å²) in [5.41, 5.74) is 1.46. The quantitative estimate of drug-likeness (QED) is 0.342. The van der Waals surface area contributed by atoms with Crippen molar-refractivity contribution < 1.29 is 23.3 Å². The van der Waals surface area contributed by atoms with E-state index in [1.165, 1.54) is 12.1 Å². The Balaban J connectivity index is 1.60. The molecule has 2 amide bonds. The molecule has 0 unspecified atom stereocenters. The second-order valence-corrected chi connectivity index (χ2v) is 10.5. The zero-order chi connectivity index (χ0) is 27.8. The maximum Gasteiger partial charge on any atom is 0.294 e. The Kier molecular flexibility index (Phi) is 7.50. The molecular formula is C27H33FN6O4. The fourth-order valence-corrected chi connectivity index (χ4v) is 4.74. The minimum Gasteiger partial charge on any atom is -0.341 e. The van der Waals surface area contributed by atoms with Gasteiger partial charge < -0.3 is 24.6 Å². The van der Waals surface area contributed by atoms with Crippen LogP contribution in [0.4, 0.5) is 10.1 Å². The molecule has 1 aromatic carbocycles. The summed E-state index contributed by atoms with van der Waals surface area (Å²) in [5, 5.41) is 9.46. The lowest BCUT2D eigenvalue weighted by molar-refractivity contribution is -0.118. The lowest BCUT2D eigenvalue weighted by atomic mass is 10.0. The van der Waals surface area contributed by atoms with E-state index < -0.39 is 23.1 Å². The van der Waals surface area contributed by atoms with Gasteiger partial charge in [-0.2, -0.15) is 4.98 Å². The van der Waals surface area contributed by atoms with Crippen LogP contribution >= 0.6 is 0 Å². The fraction of sp³-hybridized carbons (Fsp3) is 0.444. The Hall–Kier alpha value is -3.86. The van der Waals surface area contributed by atoms with E-state index in [1.54, 1.807) is 38.3 Å². The van der Waals surface area contributed by atoms with Crippen molar-refractivity contribution in [1.82, 2.24) is 24.9 Å². The summed E-state index contributed by atoms with van der Waals surface area (Å²) in [7, 11) is 3.74. The molecule has 2 aromatic heterocycles. The number of benzene rings is 1. The summed E-state index contributed by atoms with van der Waals surface area (Å²) >= 11 is 0. The standard InChI is InChI=1S/C27H33FN6O4/c1-15-13-17(10-11-18(15)28)29-24(36)21-16(2)22(34-12-8-7-9-19(21)34)23(35)25(37)31-27(3,4)26-30-20(32-38-26)14-33(5)6/h10-11,13H,7-9,12,14H2,1-6H3,(H,29,36)(H,31,37). The Morgan fingerprint density at radius 2 is 1.92 bits per heavy atom. The monoisotopic (exact) mass is 524 g/mol. The molecule has 0 fully saturated rings. The number of anilines is 1. The van der Waals surface area contributed by atoms with Crippen molar-refractivity contribution in [3.05, 3.63) is 63.8 Å². The predicted octanol–water partition coefficient (Wildman–Crippen LogP) is 3.51. The van der Waals surface area contributed by atoms with Gasteiger partial charge in [0.25, 0.3) is 23.5 Å². The number of rotatable bonds is 8. The van der Waals surface area contributed by atoms with Crippen LogP contribution in [-0.4, -0.2) is 51.3 Å². The van der Waals surface area contributed by atoms with Crippen LogP contribution in [0.15, 0.2) is 22.7 Å². The van der Waals surface area contributed by atoms with Gasteiger partial charge in [-0.15, -0.1) is 0 Å². The van der Waals surface area contributed by atoms with E-state index in [9.17, 15) is 18.8 Å². The first-order valence-electron chi connectivity index (χ1n) is 12.5. The van der Waals surface area contributed by atoms with Gasteiger partial charge in [0.15, 0.2) is 5.82 Å². The van der Waals surface area contributed by atoms with Crippen LogP contribution in [0, 0.1) is 19.7 Å². The summed E-state index contributed by atoms with van der Waals surface area (Å²) in [4.78, 5) is 46.2. The van der Waals surface area contributed by atoms with Gasteiger partial charge in [-0.1, -0.05) is 5.16 Å². The average Bonchev–Trinajstić information content (AvgIpc) is 3.42. The summed E-state index contributed by atoms with van der Waals surface area (Å²) in [6.07, 6.45) is 2.28. The summed E-state index contributed by atoms with van der Waals surface area (Å²) in [6, 6.07) is 4.33. The van der Waals surface area contributed by atoms with Crippen molar-refractivity contribution in [2.75, 3.05) is 19.4 Å². The molecule has 1 aliphatic heterocycles. The van der Waals surface area contributed by atoms with Crippen molar-refractivity contribution in [3.8, 4) is 0 Å². The van der Waals surface area contributed by atoms with Gasteiger partial charge in [-0.25, -0.2) is 4.39 Å². The summed E-state index contributed by atoms with van der Waals surface area (Å²) in [6.45, 7) is 7.63. The van der Waals surface area contributed by atoms with Crippen LogP contribution in [0.5, 0.6) is 0 Å². The minimum absolute atomic E-state index is 0.180. The number of carbonyl (C=O) groups is 3. The molecule has 11 heteroatoms. The highest BCUT2D eigenvalue weighted by molar-refractivity contribution is 6.43. The number of fused-ring (bicyclic) bond motifs is 1. The number of ketones is 1. The summed E-state index contributed by atoms with van der Waals surface area (Å²) < 4.78 is 20.8. The number of carbonyl (C=O) groups excluding carboxylic acids is 3. The van der Waals surface area contributed by atoms with Crippen LogP contribution < -0.4 is 10.6 Å². The third-order valence-electron chi connectivity index (χ3n) is 6.61. The van der Waals surface area contributed by atoms with Crippen LogP contribution in [0.25, 0.3) is 0 Å². The van der Waals surface area contributed by atoms with Gasteiger partial charge in [-0.3, -0.25) is 14.4 Å². The molecule has 3 heterocycles. The number of nitrogens with zero attached hydrogens (tertiary/aromatic N) is 4. The molecule has 0 saturated heterocycles. The van der Waals surface area contributed by atoms with E-state index in [4.69, 9.17) is 4.52 Å². The van der Waals surface area contributed by atoms with Crippen LogP contribution in [0.2, 0.25) is 0 Å². The number of halogens is 1. The molecule has 0 atom stereocenters. The maximum absolute atomic E-state index is 13.7. The van der Waals surface area contributed by atoms with Crippen molar-refractivity contribution in [2.45, 2.75) is 65.6 Å². The van der Waals surface area contributed by atoms with E-state index in [-0.39, 0.29) is 17.4 Å². The van der Waals surface area contributed by atoms with Gasteiger partial charge in [0, 0.05) is 17.9 Å². The van der Waals surface area contributed by atoms with Crippen LogP contribution in [0.3, 0.4) is 0 Å². The Labute approximate surface area is 220 Å². The highest BCUT2D eigenvalue weighted by atomic mass is 19.1. The van der Waals surface area contributed by atoms with Gasteiger partial charge in [0.1, 0.15) is 11.4 Å². The van der Waals surface area contributed by atoms with Crippen molar-refractivity contribution in [3.63, 3.8) is 0 Å². The first kappa shape index (κ1) is 27.2. The lowest BCUT2D eigenvalue weighted by Gasteiger charge is -2.22. The lowest BCUT2D eigenvalue weighted by Crippen LogP contribution is -2.45. The molecule has 38 heavy (non-hydrogen) atoms. The van der Waals surface area contributed by atoms with Crippen LogP contribution in [0.1, 0.15) is 76.1 Å². The van der Waals surface area contributed by atoms with E-state index >= 15 is 0 Å². The van der Waals surface area contributed by atoms with Gasteiger partial charge >= 0.3 is 0 Å². The molecule has 0 bridgehead atoms. The minimum atomic E-state index is -1.10. The third-order valence-corrected chi connectivity index (χ3v) is 6.61. The maximum atomic E-state index is 13.7. The average molecular weight is 525 g/mol. The van der Waals surface area contributed by atoms with Gasteiger partial charge in [0.05, 0.1) is 17.8 Å². The highest BCUT2D eigenvalue weighted by Gasteiger charge is 2.36. The molecule has 2 N–H and O–H groups in total. The molecule has 1 aliphatic rings. The first-order chi connectivity index (χ1) is 17.9. The van der Waals surface area contributed by atoms with Crippen molar-refractivity contribution in [2.24, 2.45) is 0 Å². The molecule has 10 nitrogen and oxygen atoms in total. The molecule has 0 radical (unpaired) electrons. The zero-order valence-electron chi connectivity index (χ0n) is 22.6. The molecule has 4 rings (SSSR count). The highest BCUT2D eigenvalue weighted by Crippen LogP contribution is 2.30. The Morgan fingerprint density at radius 1 is 1.18 bits per heavy atom. The molecular weight excluding hydrogens is 491 g/mol. The Morgan fingerprint density at radius 3 is 2.61 bits per heavy atom. The molecule has 202 valence electrons. The molecule has 0 aliphatic carbocycles. The van der Waals surface area contributed by atoms with Crippen molar-refractivity contribution in [1.29, 1.82) is 0 Å². The molecule has 0 saturated carbocycles. The SMILES string of the molecule is Cc1cc(NC(=O)c2c(C)c(C(=O)C(=O)NC(C)(C)c3nc(CN(C)C)no3)n3c2CCCC3)ccc1F. The third kappa shape index (κ3) is 5.38. The smallest absolute Gasteiger partial charge is 0.294 e. The van der Waals surface area contributed by atoms with E-state index in [0.717, 1.165) is 12.8 Å². The van der Waals surface area contributed by atoms with E-state index in [0.29, 0.717) is 53.4 Å². The summed E-state index contributed by atoms with van der Waals surface area (Å²) in [5.74, 6) is -1.71. The molecule has 3 aromatic rings. The van der Waals surface area contributed by atoms with Crippen molar-refractivity contribution >= 4 is 23.3 Å². The number of nitrogens with one attached hydrogen (secondary N) is 2. The zero-order valence-corrected chi connectivity index (χ0v) is 22.6. The number of hydrogen-bond donors (Lipinski definition) is 2. The number of hydrogen-bond acceptors (Lipinski definition) is 7. The van der Waals surface area contributed by atoms with Crippen LogP contribution in [-0.2, 0) is 29.8 Å². The first-order valence-corrected chi connectivity index (χ1v) is 12.5. The fourth-order valence-electron chi connectivity index (χ4n) is 4.74. The number of amides is 2. The number of Topliss-reactive ketones (excluding diaryl/α,β-unsaturated/α-hetero) is 1. The normalized spacial score (nSPS) is 13.4. The second-order valence-electron chi connectivity index (χ2n) is 10.5. The molecule has 0 spiro atoms. The second kappa shape index (κ2) is 10.5. The predicted molar refractivity (Wildman–Crippen MR) is 138 cm³/mol. The number of aryl methyl sites for hydroxylation is 1.